The quantitative estimate of drug-likeness (QED) is 0.319. The number of allylic oxidation sites excluding steroid dienone is 2. The molecule has 1 fully saturated rings. The molecule has 0 aromatic rings. The number of thiocarbonyl (C=S) groups is 1. The Morgan fingerprint density at radius 2 is 2.12 bits per heavy atom. The van der Waals surface area contributed by atoms with Crippen molar-refractivity contribution in [2.75, 3.05) is 0 Å². The first-order valence-electron chi connectivity index (χ1n) is 10.5. The lowest BCUT2D eigenvalue weighted by atomic mass is 9.94. The molecule has 32 heavy (non-hydrogen) atoms. The topological polar surface area (TPSA) is 79.2 Å². The largest absolute Gasteiger partial charge is 0.480 e. The predicted molar refractivity (Wildman–Crippen MR) is 133 cm³/mol. The first-order valence-corrected chi connectivity index (χ1v) is 12.2. The number of dihydropyridines is 1. The van der Waals surface area contributed by atoms with Crippen LogP contribution in [0.4, 0.5) is 0 Å². The second kappa shape index (κ2) is 10.5. The number of hydrogen-bond acceptors (Lipinski definition) is 6. The van der Waals surface area contributed by atoms with Crippen molar-refractivity contribution in [2.45, 2.75) is 63.8 Å². The molecule has 2 aliphatic heterocycles. The molecule has 1 amide bonds. The molecule has 3 rings (SSSR count). The van der Waals surface area contributed by atoms with E-state index in [-0.39, 0.29) is 39.8 Å². The number of carboxylic acids is 1. The fraction of sp³-hybridized carbons (Fsp3) is 0.478. The van der Waals surface area contributed by atoms with Gasteiger partial charge in [-0.1, -0.05) is 62.1 Å². The minimum Gasteiger partial charge on any atom is -0.480 e. The van der Waals surface area contributed by atoms with Crippen LogP contribution >= 0.6 is 35.6 Å². The maximum Gasteiger partial charge on any atom is 0.327 e. The fourth-order valence-electron chi connectivity index (χ4n) is 3.72. The Balaban J connectivity index is 1.68. The van der Waals surface area contributed by atoms with Crippen LogP contribution in [0.3, 0.4) is 0 Å². The minimum atomic E-state index is -1.06. The molecule has 2 heterocycles. The Bertz CT molecular complexity index is 952. The molecule has 4 unspecified atom stereocenters. The lowest BCUT2D eigenvalue weighted by Gasteiger charge is -2.26. The normalized spacial score (nSPS) is 28.0. The second-order valence-electron chi connectivity index (χ2n) is 8.43. The first-order chi connectivity index (χ1) is 15.1. The van der Waals surface area contributed by atoms with Crippen molar-refractivity contribution in [3.8, 4) is 0 Å². The summed E-state index contributed by atoms with van der Waals surface area (Å²) in [6, 6.07) is -1.03. The summed E-state index contributed by atoms with van der Waals surface area (Å²) in [7, 11) is 0. The van der Waals surface area contributed by atoms with E-state index in [0.29, 0.717) is 11.3 Å². The van der Waals surface area contributed by atoms with Gasteiger partial charge in [0, 0.05) is 6.21 Å². The summed E-state index contributed by atoms with van der Waals surface area (Å²) in [5, 5.41) is 9.29. The number of carboxylic acid groups (broad SMARTS) is 1. The highest BCUT2D eigenvalue weighted by molar-refractivity contribution is 8.26. The van der Waals surface area contributed by atoms with Gasteiger partial charge in [-0.2, -0.15) is 0 Å². The third kappa shape index (κ3) is 5.60. The Morgan fingerprint density at radius 3 is 2.66 bits per heavy atom. The molecule has 0 saturated carbocycles. The minimum absolute atomic E-state index is 0.0449. The molecule has 1 saturated heterocycles. The highest BCUT2D eigenvalue weighted by atomic mass is 35.5. The Labute approximate surface area is 203 Å². The number of rotatable bonds is 7. The number of halogens is 1. The monoisotopic (exact) mass is 494 g/mol. The Morgan fingerprint density at radius 1 is 1.41 bits per heavy atom. The highest BCUT2D eigenvalue weighted by Gasteiger charge is 2.42. The van der Waals surface area contributed by atoms with Gasteiger partial charge in [0.05, 0.1) is 28.5 Å². The summed E-state index contributed by atoms with van der Waals surface area (Å²) in [6.07, 6.45) is 12.0. The fourth-order valence-corrected chi connectivity index (χ4v) is 5.34. The third-order valence-corrected chi connectivity index (χ3v) is 6.93. The number of carbonyl (C=O) groups is 2. The number of hydrogen-bond donors (Lipinski definition) is 1. The van der Waals surface area contributed by atoms with Crippen LogP contribution in [0.2, 0.25) is 0 Å². The number of aliphatic imine (C=N–C) groups is 1. The van der Waals surface area contributed by atoms with E-state index in [0.717, 1.165) is 22.9 Å². The van der Waals surface area contributed by atoms with Crippen LogP contribution in [0.1, 0.15) is 34.1 Å². The van der Waals surface area contributed by atoms with Crippen LogP contribution in [-0.2, 0) is 14.3 Å². The Hall–Kier alpha value is -1.74. The molecule has 1 N–H and O–H groups in total. The summed E-state index contributed by atoms with van der Waals surface area (Å²) in [5.41, 5.74) is 1.83. The smallest absolute Gasteiger partial charge is 0.327 e. The SMILES string of the molecule is CC(C)OC1C=CC(C2CC=C(C=C3SC(=S)N(C(C(=O)O)C(C)C)C3=O)C=N2)=CC1Cl. The summed E-state index contributed by atoms with van der Waals surface area (Å²) >= 11 is 12.9. The van der Waals surface area contributed by atoms with E-state index >= 15 is 0 Å². The van der Waals surface area contributed by atoms with E-state index in [1.807, 2.05) is 38.2 Å². The van der Waals surface area contributed by atoms with Gasteiger partial charge in [-0.05, 0) is 43.4 Å². The molecular formula is C23H27ClN2O4S2. The van der Waals surface area contributed by atoms with Gasteiger partial charge in [-0.15, -0.1) is 11.6 Å². The van der Waals surface area contributed by atoms with E-state index in [1.54, 1.807) is 26.1 Å². The lowest BCUT2D eigenvalue weighted by molar-refractivity contribution is -0.146. The molecule has 0 radical (unpaired) electrons. The zero-order valence-corrected chi connectivity index (χ0v) is 20.8. The molecule has 0 aromatic heterocycles. The number of alkyl halides is 1. The molecule has 1 aliphatic carbocycles. The molecular weight excluding hydrogens is 468 g/mol. The zero-order valence-electron chi connectivity index (χ0n) is 18.4. The summed E-state index contributed by atoms with van der Waals surface area (Å²) in [5.74, 6) is -1.71. The summed E-state index contributed by atoms with van der Waals surface area (Å²) in [6.45, 7) is 7.47. The molecule has 0 aromatic carbocycles. The molecule has 0 bridgehead atoms. The van der Waals surface area contributed by atoms with Gasteiger partial charge in [0.25, 0.3) is 5.91 Å². The first kappa shape index (κ1) is 24.9. The second-order valence-corrected chi connectivity index (χ2v) is 10.6. The summed E-state index contributed by atoms with van der Waals surface area (Å²) < 4.78 is 6.06. The van der Waals surface area contributed by atoms with Crippen molar-refractivity contribution >= 4 is 58.0 Å². The van der Waals surface area contributed by atoms with E-state index in [1.165, 1.54) is 4.90 Å². The maximum absolute atomic E-state index is 12.9. The zero-order chi connectivity index (χ0) is 23.6. The molecule has 4 atom stereocenters. The van der Waals surface area contributed by atoms with Crippen LogP contribution < -0.4 is 0 Å². The number of aliphatic carboxylic acids is 1. The Kier molecular flexibility index (Phi) is 8.14. The molecule has 0 spiro atoms. The van der Waals surface area contributed by atoms with Crippen LogP contribution in [0, 0.1) is 5.92 Å². The van der Waals surface area contributed by atoms with E-state index in [4.69, 9.17) is 28.6 Å². The standard InChI is InChI=1S/C23H27ClN2O4S2/c1-12(2)20(22(28)29)26-21(27)19(32-23(26)31)9-14-5-7-17(25-11-14)15-6-8-18(16(24)10-15)30-13(3)4/h5-6,8-13,16-18,20H,7H2,1-4H3,(H,28,29). The molecule has 3 aliphatic rings. The van der Waals surface area contributed by atoms with Gasteiger partial charge in [-0.25, -0.2) is 4.79 Å². The van der Waals surface area contributed by atoms with E-state index in [9.17, 15) is 14.7 Å². The van der Waals surface area contributed by atoms with E-state index < -0.39 is 12.0 Å². The number of ether oxygens (including phenoxy) is 1. The van der Waals surface area contributed by atoms with E-state index in [2.05, 4.69) is 4.99 Å². The number of amides is 1. The average molecular weight is 495 g/mol. The average Bonchev–Trinajstić information content (AvgIpc) is 2.97. The van der Waals surface area contributed by atoms with Crippen molar-refractivity contribution < 1.29 is 19.4 Å². The van der Waals surface area contributed by atoms with Crippen LogP contribution in [0.15, 0.2) is 51.4 Å². The van der Waals surface area contributed by atoms with Crippen LogP contribution in [0.25, 0.3) is 0 Å². The maximum atomic E-state index is 12.9. The van der Waals surface area contributed by atoms with Gasteiger partial charge in [0.2, 0.25) is 0 Å². The van der Waals surface area contributed by atoms with Crippen LogP contribution in [-0.4, -0.2) is 62.1 Å². The van der Waals surface area contributed by atoms with Crippen molar-refractivity contribution in [2.24, 2.45) is 10.9 Å². The number of carbonyl (C=O) groups excluding carboxylic acids is 1. The molecule has 6 nitrogen and oxygen atoms in total. The third-order valence-electron chi connectivity index (χ3n) is 5.22. The van der Waals surface area contributed by atoms with Gasteiger partial charge >= 0.3 is 5.97 Å². The van der Waals surface area contributed by atoms with Gasteiger partial charge < -0.3 is 9.84 Å². The van der Waals surface area contributed by atoms with Crippen molar-refractivity contribution in [1.29, 1.82) is 0 Å². The highest BCUT2D eigenvalue weighted by Crippen LogP contribution is 2.35. The molecule has 9 heteroatoms. The lowest BCUT2D eigenvalue weighted by Crippen LogP contribution is -2.47. The van der Waals surface area contributed by atoms with Gasteiger partial charge in [0.15, 0.2) is 0 Å². The van der Waals surface area contributed by atoms with Gasteiger partial charge in [0.1, 0.15) is 10.4 Å². The summed E-state index contributed by atoms with van der Waals surface area (Å²) in [4.78, 5) is 30.8. The predicted octanol–water partition coefficient (Wildman–Crippen LogP) is 4.51. The number of nitrogens with zero attached hydrogens (tertiary/aromatic N) is 2. The molecule has 172 valence electrons. The number of thioether (sulfide) groups is 1. The van der Waals surface area contributed by atoms with Crippen molar-refractivity contribution in [3.63, 3.8) is 0 Å². The van der Waals surface area contributed by atoms with Crippen LogP contribution in [0.5, 0.6) is 0 Å². The van der Waals surface area contributed by atoms with Crippen molar-refractivity contribution in [1.82, 2.24) is 4.90 Å². The van der Waals surface area contributed by atoms with Crippen molar-refractivity contribution in [3.05, 3.63) is 46.4 Å². The van der Waals surface area contributed by atoms with Gasteiger partial charge in [-0.3, -0.25) is 14.7 Å².